The van der Waals surface area contributed by atoms with Gasteiger partial charge in [0.1, 0.15) is 5.60 Å². The van der Waals surface area contributed by atoms with E-state index in [4.69, 9.17) is 9.26 Å². The maximum absolute atomic E-state index is 5.91. The summed E-state index contributed by atoms with van der Waals surface area (Å²) in [5.74, 6) is 1.31. The molecule has 5 heteroatoms. The number of hydrogen-bond donors (Lipinski definition) is 0. The molecule has 0 spiro atoms. The lowest BCUT2D eigenvalue weighted by atomic mass is 10.0. The van der Waals surface area contributed by atoms with Crippen molar-refractivity contribution < 1.29 is 9.26 Å². The molecule has 2 heterocycles. The molecule has 0 bridgehead atoms. The summed E-state index contributed by atoms with van der Waals surface area (Å²) >= 11 is 1.63. The van der Waals surface area contributed by atoms with Crippen LogP contribution in [0.5, 0.6) is 0 Å². The fourth-order valence-electron chi connectivity index (χ4n) is 2.56. The molecule has 1 aliphatic carbocycles. The zero-order valence-electron chi connectivity index (χ0n) is 10.4. The average molecular weight is 264 g/mol. The van der Waals surface area contributed by atoms with E-state index >= 15 is 0 Å². The molecule has 0 aliphatic heterocycles. The van der Waals surface area contributed by atoms with E-state index in [0.29, 0.717) is 18.3 Å². The Balaban J connectivity index is 1.92. The minimum absolute atomic E-state index is 0.337. The zero-order chi connectivity index (χ0) is 12.4. The molecule has 1 fully saturated rings. The number of thiophene rings is 1. The SMILES string of the molecule is CCOC1(c2nc(-c3ccsc3)no2)CCCC1. The molecule has 2 aromatic heterocycles. The van der Waals surface area contributed by atoms with Gasteiger partial charge >= 0.3 is 0 Å². The van der Waals surface area contributed by atoms with Crippen molar-refractivity contribution in [2.75, 3.05) is 6.61 Å². The van der Waals surface area contributed by atoms with E-state index in [0.717, 1.165) is 31.2 Å². The van der Waals surface area contributed by atoms with E-state index in [2.05, 4.69) is 10.1 Å². The van der Waals surface area contributed by atoms with Crippen molar-refractivity contribution in [1.82, 2.24) is 10.1 Å². The first-order valence-electron chi connectivity index (χ1n) is 6.35. The highest BCUT2D eigenvalue weighted by Gasteiger charge is 2.41. The summed E-state index contributed by atoms with van der Waals surface area (Å²) in [6, 6.07) is 2.00. The molecule has 0 aromatic carbocycles. The molecule has 3 rings (SSSR count). The van der Waals surface area contributed by atoms with Gasteiger partial charge in [0, 0.05) is 17.6 Å². The summed E-state index contributed by atoms with van der Waals surface area (Å²) in [6.07, 6.45) is 4.28. The molecule has 1 saturated carbocycles. The van der Waals surface area contributed by atoms with E-state index in [9.17, 15) is 0 Å². The number of nitrogens with zero attached hydrogens (tertiary/aromatic N) is 2. The second-order valence-electron chi connectivity index (χ2n) is 4.57. The molecule has 0 atom stereocenters. The summed E-state index contributed by atoms with van der Waals surface area (Å²) in [7, 11) is 0. The van der Waals surface area contributed by atoms with E-state index < -0.39 is 0 Å². The largest absolute Gasteiger partial charge is 0.365 e. The summed E-state index contributed by atoms with van der Waals surface area (Å²) in [5.41, 5.74) is 0.676. The van der Waals surface area contributed by atoms with E-state index in [-0.39, 0.29) is 5.60 Å². The van der Waals surface area contributed by atoms with Gasteiger partial charge in [0.2, 0.25) is 5.82 Å². The second-order valence-corrected chi connectivity index (χ2v) is 5.35. The van der Waals surface area contributed by atoms with Crippen molar-refractivity contribution in [3.63, 3.8) is 0 Å². The van der Waals surface area contributed by atoms with Crippen LogP contribution in [0.25, 0.3) is 11.4 Å². The highest BCUT2D eigenvalue weighted by atomic mass is 32.1. The molecule has 0 unspecified atom stereocenters. The quantitative estimate of drug-likeness (QED) is 0.846. The maximum atomic E-state index is 5.91. The summed E-state index contributed by atoms with van der Waals surface area (Å²) in [6.45, 7) is 2.69. The molecular formula is C13H16N2O2S. The normalized spacial score (nSPS) is 18.3. The second kappa shape index (κ2) is 4.82. The molecule has 1 aliphatic rings. The Labute approximate surface area is 110 Å². The standard InChI is InChI=1S/C13H16N2O2S/c1-2-16-13(6-3-4-7-13)12-14-11(15-17-12)10-5-8-18-9-10/h5,8-9H,2-4,6-7H2,1H3. The molecule has 18 heavy (non-hydrogen) atoms. The minimum atomic E-state index is -0.337. The minimum Gasteiger partial charge on any atom is -0.365 e. The molecule has 0 saturated heterocycles. The topological polar surface area (TPSA) is 48.2 Å². The molecule has 0 amide bonds. The Hall–Kier alpha value is -1.20. The van der Waals surface area contributed by atoms with Gasteiger partial charge in [0.05, 0.1) is 0 Å². The van der Waals surface area contributed by atoms with Crippen LogP contribution >= 0.6 is 11.3 Å². The fraction of sp³-hybridized carbons (Fsp3) is 0.538. The third kappa shape index (κ3) is 1.97. The highest BCUT2D eigenvalue weighted by Crippen LogP contribution is 2.41. The van der Waals surface area contributed by atoms with E-state index in [1.54, 1.807) is 11.3 Å². The Bertz CT molecular complexity index is 501. The Morgan fingerprint density at radius 2 is 2.28 bits per heavy atom. The van der Waals surface area contributed by atoms with Crippen molar-refractivity contribution >= 4 is 11.3 Å². The third-order valence-corrected chi connectivity index (χ3v) is 4.11. The van der Waals surface area contributed by atoms with Gasteiger partial charge in [-0.1, -0.05) is 5.16 Å². The lowest BCUT2D eigenvalue weighted by molar-refractivity contribution is -0.0610. The zero-order valence-corrected chi connectivity index (χ0v) is 11.2. The first-order chi connectivity index (χ1) is 8.84. The van der Waals surface area contributed by atoms with Crippen LogP contribution in [-0.4, -0.2) is 16.7 Å². The summed E-state index contributed by atoms with van der Waals surface area (Å²) in [4.78, 5) is 4.53. The number of aromatic nitrogens is 2. The van der Waals surface area contributed by atoms with Gasteiger partial charge in [0.25, 0.3) is 5.89 Å². The van der Waals surface area contributed by atoms with Crippen LogP contribution in [0.15, 0.2) is 21.3 Å². The molecule has 4 nitrogen and oxygen atoms in total. The predicted octanol–water partition coefficient (Wildman–Crippen LogP) is 3.60. The van der Waals surface area contributed by atoms with Crippen LogP contribution < -0.4 is 0 Å². The number of ether oxygens (including phenoxy) is 1. The molecule has 0 N–H and O–H groups in total. The molecule has 96 valence electrons. The molecular weight excluding hydrogens is 248 g/mol. The number of hydrogen-bond acceptors (Lipinski definition) is 5. The molecule has 2 aromatic rings. The van der Waals surface area contributed by atoms with Crippen molar-refractivity contribution in [3.8, 4) is 11.4 Å². The Kier molecular flexibility index (Phi) is 3.18. The van der Waals surface area contributed by atoms with Gasteiger partial charge in [-0.2, -0.15) is 16.3 Å². The summed E-state index contributed by atoms with van der Waals surface area (Å²) in [5, 5.41) is 8.11. The average Bonchev–Trinajstić information content (AvgIpc) is 3.11. The van der Waals surface area contributed by atoms with Gasteiger partial charge in [-0.25, -0.2) is 0 Å². The van der Waals surface area contributed by atoms with Gasteiger partial charge in [0.15, 0.2) is 0 Å². The van der Waals surface area contributed by atoms with Crippen LogP contribution in [0.3, 0.4) is 0 Å². The predicted molar refractivity (Wildman–Crippen MR) is 69.4 cm³/mol. The molecule has 0 radical (unpaired) electrons. The van der Waals surface area contributed by atoms with Crippen molar-refractivity contribution in [3.05, 3.63) is 22.7 Å². The van der Waals surface area contributed by atoms with Crippen LogP contribution in [0, 0.1) is 0 Å². The van der Waals surface area contributed by atoms with Crippen molar-refractivity contribution in [1.29, 1.82) is 0 Å². The van der Waals surface area contributed by atoms with Gasteiger partial charge in [-0.05, 0) is 44.1 Å². The third-order valence-electron chi connectivity index (χ3n) is 3.43. The van der Waals surface area contributed by atoms with Crippen molar-refractivity contribution in [2.45, 2.75) is 38.2 Å². The highest BCUT2D eigenvalue weighted by molar-refractivity contribution is 7.08. The van der Waals surface area contributed by atoms with E-state index in [1.807, 2.05) is 23.8 Å². The first kappa shape index (κ1) is 11.9. The monoisotopic (exact) mass is 264 g/mol. The Morgan fingerprint density at radius 1 is 1.44 bits per heavy atom. The van der Waals surface area contributed by atoms with Gasteiger partial charge in [-0.15, -0.1) is 0 Å². The fourth-order valence-corrected chi connectivity index (χ4v) is 3.19. The van der Waals surface area contributed by atoms with Crippen LogP contribution in [0.2, 0.25) is 0 Å². The van der Waals surface area contributed by atoms with Crippen molar-refractivity contribution in [2.24, 2.45) is 0 Å². The number of rotatable bonds is 4. The lowest BCUT2D eigenvalue weighted by Crippen LogP contribution is -2.26. The van der Waals surface area contributed by atoms with Crippen LogP contribution in [0.1, 0.15) is 38.5 Å². The van der Waals surface area contributed by atoms with Gasteiger partial charge < -0.3 is 9.26 Å². The smallest absolute Gasteiger partial charge is 0.259 e. The van der Waals surface area contributed by atoms with Crippen LogP contribution in [0.4, 0.5) is 0 Å². The Morgan fingerprint density at radius 3 is 2.94 bits per heavy atom. The van der Waals surface area contributed by atoms with Crippen LogP contribution in [-0.2, 0) is 10.3 Å². The first-order valence-corrected chi connectivity index (χ1v) is 7.29. The lowest BCUT2D eigenvalue weighted by Gasteiger charge is -2.24. The van der Waals surface area contributed by atoms with E-state index in [1.165, 1.54) is 0 Å². The summed E-state index contributed by atoms with van der Waals surface area (Å²) < 4.78 is 11.4. The van der Waals surface area contributed by atoms with Gasteiger partial charge in [-0.3, -0.25) is 0 Å². The maximum Gasteiger partial charge on any atom is 0.259 e.